The van der Waals surface area contributed by atoms with E-state index in [0.29, 0.717) is 18.8 Å². The van der Waals surface area contributed by atoms with Gasteiger partial charge in [-0.05, 0) is 25.5 Å². The van der Waals surface area contributed by atoms with Crippen LogP contribution in [0.15, 0.2) is 24.3 Å². The zero-order chi connectivity index (χ0) is 15.0. The van der Waals surface area contributed by atoms with Crippen molar-refractivity contribution < 1.29 is 19.0 Å². The van der Waals surface area contributed by atoms with Crippen LogP contribution in [-0.4, -0.2) is 38.9 Å². The standard InChI is InChI=1S/C15H23NO4/c1-5-15(11-18-3,14(17)20-6-2)16-12-9-7-8-10-13(12)19-4/h7-10,16H,5-6,11H2,1-4H3. The fourth-order valence-corrected chi connectivity index (χ4v) is 2.00. The molecule has 0 aliphatic carbocycles. The zero-order valence-electron chi connectivity index (χ0n) is 12.6. The molecule has 0 aliphatic heterocycles. The molecule has 0 aromatic heterocycles. The number of esters is 1. The molecule has 0 aliphatic rings. The van der Waals surface area contributed by atoms with Crippen molar-refractivity contribution in [3.05, 3.63) is 24.3 Å². The number of rotatable bonds is 8. The molecule has 1 atom stereocenters. The van der Waals surface area contributed by atoms with E-state index in [1.807, 2.05) is 31.2 Å². The monoisotopic (exact) mass is 281 g/mol. The fraction of sp³-hybridized carbons (Fsp3) is 0.533. The predicted octanol–water partition coefficient (Wildman–Crippen LogP) is 2.47. The molecule has 5 nitrogen and oxygen atoms in total. The van der Waals surface area contributed by atoms with Crippen molar-refractivity contribution in [2.45, 2.75) is 25.8 Å². The van der Waals surface area contributed by atoms with Gasteiger partial charge in [0.25, 0.3) is 0 Å². The van der Waals surface area contributed by atoms with Crippen LogP contribution in [-0.2, 0) is 14.3 Å². The summed E-state index contributed by atoms with van der Waals surface area (Å²) in [5.74, 6) is 0.348. The Balaban J connectivity index is 3.08. The quantitative estimate of drug-likeness (QED) is 0.742. The normalized spacial score (nSPS) is 13.4. The number of methoxy groups -OCH3 is 2. The van der Waals surface area contributed by atoms with Crippen molar-refractivity contribution >= 4 is 11.7 Å². The van der Waals surface area contributed by atoms with Gasteiger partial charge >= 0.3 is 5.97 Å². The minimum Gasteiger partial charge on any atom is -0.495 e. The van der Waals surface area contributed by atoms with Crippen LogP contribution in [0, 0.1) is 0 Å². The molecule has 20 heavy (non-hydrogen) atoms. The molecule has 1 aromatic rings. The van der Waals surface area contributed by atoms with Gasteiger partial charge in [-0.1, -0.05) is 19.1 Å². The molecule has 0 saturated heterocycles. The van der Waals surface area contributed by atoms with E-state index < -0.39 is 5.54 Å². The van der Waals surface area contributed by atoms with Crippen molar-refractivity contribution in [2.24, 2.45) is 0 Å². The van der Waals surface area contributed by atoms with Crippen molar-refractivity contribution in [1.82, 2.24) is 0 Å². The Bertz CT molecular complexity index is 436. The highest BCUT2D eigenvalue weighted by atomic mass is 16.5. The lowest BCUT2D eigenvalue weighted by Crippen LogP contribution is -2.51. The van der Waals surface area contributed by atoms with Crippen LogP contribution in [0.25, 0.3) is 0 Å². The summed E-state index contributed by atoms with van der Waals surface area (Å²) in [5.41, 5.74) is -0.179. The third-order valence-electron chi connectivity index (χ3n) is 3.14. The van der Waals surface area contributed by atoms with E-state index in [1.54, 1.807) is 21.1 Å². The van der Waals surface area contributed by atoms with E-state index >= 15 is 0 Å². The molecule has 0 amide bonds. The smallest absolute Gasteiger partial charge is 0.334 e. The van der Waals surface area contributed by atoms with Gasteiger partial charge in [-0.3, -0.25) is 0 Å². The van der Waals surface area contributed by atoms with Gasteiger partial charge in [0, 0.05) is 7.11 Å². The number of carbonyl (C=O) groups is 1. The Morgan fingerprint density at radius 1 is 1.25 bits per heavy atom. The summed E-state index contributed by atoms with van der Waals surface area (Å²) in [5, 5.41) is 3.22. The van der Waals surface area contributed by atoms with Crippen LogP contribution in [0.3, 0.4) is 0 Å². The minimum absolute atomic E-state index is 0.223. The number of para-hydroxylation sites is 2. The van der Waals surface area contributed by atoms with E-state index in [1.165, 1.54) is 0 Å². The maximum Gasteiger partial charge on any atom is 0.334 e. The van der Waals surface area contributed by atoms with Crippen LogP contribution >= 0.6 is 0 Å². The van der Waals surface area contributed by atoms with Crippen molar-refractivity contribution in [3.63, 3.8) is 0 Å². The Morgan fingerprint density at radius 3 is 2.50 bits per heavy atom. The van der Waals surface area contributed by atoms with Gasteiger partial charge in [-0.15, -0.1) is 0 Å². The number of benzene rings is 1. The Hall–Kier alpha value is -1.75. The maximum atomic E-state index is 12.3. The molecular formula is C15H23NO4. The van der Waals surface area contributed by atoms with Crippen LogP contribution < -0.4 is 10.1 Å². The molecule has 0 radical (unpaired) electrons. The number of carbonyl (C=O) groups excluding carboxylic acids is 1. The number of anilines is 1. The third-order valence-corrected chi connectivity index (χ3v) is 3.14. The van der Waals surface area contributed by atoms with E-state index in [4.69, 9.17) is 14.2 Å². The van der Waals surface area contributed by atoms with E-state index in [9.17, 15) is 4.79 Å². The largest absolute Gasteiger partial charge is 0.495 e. The molecule has 0 fully saturated rings. The summed E-state index contributed by atoms with van der Waals surface area (Å²) in [6, 6.07) is 7.44. The van der Waals surface area contributed by atoms with Crippen LogP contribution in [0.1, 0.15) is 20.3 Å². The van der Waals surface area contributed by atoms with Gasteiger partial charge in [0.1, 0.15) is 5.75 Å². The van der Waals surface area contributed by atoms with E-state index in [-0.39, 0.29) is 12.6 Å². The zero-order valence-corrected chi connectivity index (χ0v) is 12.6. The summed E-state index contributed by atoms with van der Waals surface area (Å²) in [6.07, 6.45) is 0.539. The first-order valence-corrected chi connectivity index (χ1v) is 6.70. The Kier molecular flexibility index (Phi) is 6.31. The first-order valence-electron chi connectivity index (χ1n) is 6.70. The lowest BCUT2D eigenvalue weighted by Gasteiger charge is -2.32. The summed E-state index contributed by atoms with van der Waals surface area (Å²) < 4.78 is 15.7. The van der Waals surface area contributed by atoms with Crippen LogP contribution in [0.5, 0.6) is 5.75 Å². The maximum absolute atomic E-state index is 12.3. The summed E-state index contributed by atoms with van der Waals surface area (Å²) >= 11 is 0. The molecule has 1 unspecified atom stereocenters. The summed E-state index contributed by atoms with van der Waals surface area (Å²) in [6.45, 7) is 4.25. The van der Waals surface area contributed by atoms with Crippen LogP contribution in [0.2, 0.25) is 0 Å². The fourth-order valence-electron chi connectivity index (χ4n) is 2.00. The van der Waals surface area contributed by atoms with Gasteiger partial charge < -0.3 is 19.5 Å². The molecule has 0 saturated carbocycles. The topological polar surface area (TPSA) is 56.8 Å². The summed E-state index contributed by atoms with van der Waals surface area (Å²) in [4.78, 5) is 12.3. The third kappa shape index (κ3) is 3.63. The number of hydrogen-bond donors (Lipinski definition) is 1. The van der Waals surface area contributed by atoms with Crippen molar-refractivity contribution in [2.75, 3.05) is 32.8 Å². The van der Waals surface area contributed by atoms with Gasteiger partial charge in [0.05, 0.1) is 26.0 Å². The van der Waals surface area contributed by atoms with Gasteiger partial charge in [0.15, 0.2) is 5.54 Å². The highest BCUT2D eigenvalue weighted by Crippen LogP contribution is 2.29. The average Bonchev–Trinajstić information content (AvgIpc) is 2.47. The first-order chi connectivity index (χ1) is 9.63. The highest BCUT2D eigenvalue weighted by Gasteiger charge is 2.39. The van der Waals surface area contributed by atoms with Gasteiger partial charge in [-0.2, -0.15) is 0 Å². The van der Waals surface area contributed by atoms with Gasteiger partial charge in [-0.25, -0.2) is 4.79 Å². The Labute approximate surface area is 120 Å². The SMILES string of the molecule is CCOC(=O)C(CC)(COC)Nc1ccccc1OC. The molecule has 1 aromatic carbocycles. The minimum atomic E-state index is -0.917. The molecule has 1 rings (SSSR count). The molecular weight excluding hydrogens is 258 g/mol. The summed E-state index contributed by atoms with van der Waals surface area (Å²) in [7, 11) is 3.16. The van der Waals surface area contributed by atoms with Gasteiger partial charge in [0.2, 0.25) is 0 Å². The molecule has 0 bridgehead atoms. The first kappa shape index (κ1) is 16.3. The van der Waals surface area contributed by atoms with Crippen LogP contribution in [0.4, 0.5) is 5.69 Å². The lowest BCUT2D eigenvalue weighted by atomic mass is 9.96. The highest BCUT2D eigenvalue weighted by molar-refractivity contribution is 5.85. The second-order valence-electron chi connectivity index (χ2n) is 4.41. The number of hydrogen-bond acceptors (Lipinski definition) is 5. The molecule has 1 N–H and O–H groups in total. The molecule has 0 heterocycles. The molecule has 0 spiro atoms. The number of ether oxygens (including phenoxy) is 3. The van der Waals surface area contributed by atoms with Crippen molar-refractivity contribution in [1.29, 1.82) is 0 Å². The van der Waals surface area contributed by atoms with Crippen molar-refractivity contribution in [3.8, 4) is 5.75 Å². The molecule has 5 heteroatoms. The predicted molar refractivity (Wildman–Crippen MR) is 78.1 cm³/mol. The Morgan fingerprint density at radius 2 is 1.95 bits per heavy atom. The molecule has 112 valence electrons. The number of nitrogens with one attached hydrogen (secondary N) is 1. The second kappa shape index (κ2) is 7.75. The van der Waals surface area contributed by atoms with E-state index in [2.05, 4.69) is 5.32 Å². The second-order valence-corrected chi connectivity index (χ2v) is 4.41. The lowest BCUT2D eigenvalue weighted by molar-refractivity contribution is -0.150. The average molecular weight is 281 g/mol. The van der Waals surface area contributed by atoms with E-state index in [0.717, 1.165) is 5.69 Å².